The van der Waals surface area contributed by atoms with Crippen LogP contribution in [-0.4, -0.2) is 58.4 Å². The number of esters is 1. The van der Waals surface area contributed by atoms with E-state index in [0.29, 0.717) is 17.2 Å². The van der Waals surface area contributed by atoms with Crippen molar-refractivity contribution >= 4 is 17.0 Å². The Morgan fingerprint density at radius 2 is 2.00 bits per heavy atom. The lowest BCUT2D eigenvalue weighted by atomic mass is 9.89. The molecule has 32 heavy (non-hydrogen) atoms. The monoisotopic (exact) mass is 435 g/mol. The molecule has 1 unspecified atom stereocenters. The number of nitrogens with zero attached hydrogens (tertiary/aromatic N) is 3. The number of carbonyl (C=O) groups excluding carboxylic acids is 1. The second kappa shape index (κ2) is 8.92. The number of phenols is 1. The van der Waals surface area contributed by atoms with Gasteiger partial charge in [0.15, 0.2) is 0 Å². The standard InChI is InChI=1S/C25H29N3O4/c1-31-25(30)19-5-6-22-23(14-19)28(15-21-9-12-32-21)24(26-22)16-27-10-7-17(8-11-27)18-3-2-4-20(29)13-18/h2-6,13-14,17,21,29H,7-12,15-16H2,1H3. The Bertz CT molecular complexity index is 1110. The van der Waals surface area contributed by atoms with Gasteiger partial charge in [0.1, 0.15) is 11.6 Å². The predicted octanol–water partition coefficient (Wildman–Crippen LogP) is 3.70. The van der Waals surface area contributed by atoms with Crippen LogP contribution in [0.25, 0.3) is 11.0 Å². The largest absolute Gasteiger partial charge is 0.508 e. The van der Waals surface area contributed by atoms with Crippen molar-refractivity contribution in [3.8, 4) is 5.75 Å². The molecular formula is C25H29N3O4. The van der Waals surface area contributed by atoms with Crippen molar-refractivity contribution in [3.63, 3.8) is 0 Å². The second-order valence-electron chi connectivity index (χ2n) is 8.76. The predicted molar refractivity (Wildman–Crippen MR) is 121 cm³/mol. The fourth-order valence-electron chi connectivity index (χ4n) is 4.78. The van der Waals surface area contributed by atoms with E-state index in [0.717, 1.165) is 68.9 Å². The number of piperidine rings is 1. The van der Waals surface area contributed by atoms with Gasteiger partial charge in [-0.05, 0) is 74.2 Å². The van der Waals surface area contributed by atoms with Crippen LogP contribution in [-0.2, 0) is 22.6 Å². The first-order valence-electron chi connectivity index (χ1n) is 11.3. The van der Waals surface area contributed by atoms with E-state index >= 15 is 0 Å². The average Bonchev–Trinajstić information content (AvgIpc) is 3.12. The molecule has 2 fully saturated rings. The van der Waals surface area contributed by atoms with E-state index in [1.165, 1.54) is 12.7 Å². The van der Waals surface area contributed by atoms with Gasteiger partial charge in [-0.1, -0.05) is 12.1 Å². The van der Waals surface area contributed by atoms with Crippen LogP contribution in [0.2, 0.25) is 0 Å². The van der Waals surface area contributed by atoms with Crippen molar-refractivity contribution in [1.29, 1.82) is 0 Å². The Balaban J connectivity index is 1.35. The third-order valence-corrected chi connectivity index (χ3v) is 6.72. The van der Waals surface area contributed by atoms with Crippen molar-refractivity contribution in [3.05, 3.63) is 59.4 Å². The number of phenolic OH excluding ortho intramolecular Hbond substituents is 1. The number of imidazole rings is 1. The lowest BCUT2D eigenvalue weighted by Crippen LogP contribution is -2.35. The molecule has 0 aliphatic carbocycles. The molecule has 1 atom stereocenters. The Morgan fingerprint density at radius 3 is 2.69 bits per heavy atom. The summed E-state index contributed by atoms with van der Waals surface area (Å²) >= 11 is 0. The maximum absolute atomic E-state index is 12.0. The molecule has 168 valence electrons. The van der Waals surface area contributed by atoms with Crippen LogP contribution < -0.4 is 0 Å². The van der Waals surface area contributed by atoms with Crippen molar-refractivity contribution in [2.75, 3.05) is 26.8 Å². The first-order chi connectivity index (χ1) is 15.6. The van der Waals surface area contributed by atoms with Gasteiger partial charge in [-0.15, -0.1) is 0 Å². The van der Waals surface area contributed by atoms with E-state index in [9.17, 15) is 9.90 Å². The first kappa shape index (κ1) is 21.0. The summed E-state index contributed by atoms with van der Waals surface area (Å²) in [7, 11) is 1.40. The number of hydrogen-bond donors (Lipinski definition) is 1. The van der Waals surface area contributed by atoms with Crippen molar-refractivity contribution in [2.45, 2.75) is 44.4 Å². The minimum absolute atomic E-state index is 0.199. The molecule has 2 aliphatic rings. The van der Waals surface area contributed by atoms with Gasteiger partial charge in [-0.25, -0.2) is 9.78 Å². The fourth-order valence-corrected chi connectivity index (χ4v) is 4.78. The van der Waals surface area contributed by atoms with Crippen molar-refractivity contribution in [2.24, 2.45) is 0 Å². The highest BCUT2D eigenvalue weighted by Crippen LogP contribution is 2.31. The number of methoxy groups -OCH3 is 1. The summed E-state index contributed by atoms with van der Waals surface area (Å²) in [6, 6.07) is 13.2. The number of fused-ring (bicyclic) bond motifs is 1. The van der Waals surface area contributed by atoms with E-state index < -0.39 is 0 Å². The molecule has 0 amide bonds. The van der Waals surface area contributed by atoms with E-state index in [1.807, 2.05) is 24.3 Å². The molecule has 0 radical (unpaired) electrons. The third kappa shape index (κ3) is 4.23. The van der Waals surface area contributed by atoms with Gasteiger partial charge in [0, 0.05) is 6.61 Å². The molecule has 5 rings (SSSR count). The summed E-state index contributed by atoms with van der Waals surface area (Å²) in [5, 5.41) is 9.80. The molecule has 0 bridgehead atoms. The van der Waals surface area contributed by atoms with E-state index in [4.69, 9.17) is 14.5 Å². The molecule has 0 spiro atoms. The highest BCUT2D eigenvalue weighted by molar-refractivity contribution is 5.93. The lowest BCUT2D eigenvalue weighted by Gasteiger charge is -2.32. The molecule has 1 aromatic heterocycles. The molecule has 2 saturated heterocycles. The summed E-state index contributed by atoms with van der Waals surface area (Å²) in [5.41, 5.74) is 3.60. The van der Waals surface area contributed by atoms with Gasteiger partial charge < -0.3 is 19.1 Å². The summed E-state index contributed by atoms with van der Waals surface area (Å²) in [6.07, 6.45) is 3.36. The Kier molecular flexibility index (Phi) is 5.85. The van der Waals surface area contributed by atoms with Crippen LogP contribution in [0.4, 0.5) is 0 Å². The van der Waals surface area contributed by atoms with Gasteiger partial charge in [-0.3, -0.25) is 4.90 Å². The highest BCUT2D eigenvalue weighted by Gasteiger charge is 2.25. The van der Waals surface area contributed by atoms with Crippen molar-refractivity contribution < 1.29 is 19.4 Å². The zero-order valence-corrected chi connectivity index (χ0v) is 18.4. The second-order valence-corrected chi connectivity index (χ2v) is 8.76. The van der Waals surface area contributed by atoms with Crippen LogP contribution in [0.5, 0.6) is 5.75 Å². The Hall–Kier alpha value is -2.90. The van der Waals surface area contributed by atoms with Crippen LogP contribution in [0.15, 0.2) is 42.5 Å². The van der Waals surface area contributed by atoms with Crippen molar-refractivity contribution in [1.82, 2.24) is 14.5 Å². The topological polar surface area (TPSA) is 76.8 Å². The van der Waals surface area contributed by atoms with E-state index in [1.54, 1.807) is 12.1 Å². The highest BCUT2D eigenvalue weighted by atomic mass is 16.5. The van der Waals surface area contributed by atoms with Crippen LogP contribution in [0.3, 0.4) is 0 Å². The number of aromatic nitrogens is 2. The molecule has 2 aromatic carbocycles. The molecule has 7 heteroatoms. The van der Waals surface area contributed by atoms with Gasteiger partial charge in [0.2, 0.25) is 0 Å². The Morgan fingerprint density at radius 1 is 1.19 bits per heavy atom. The minimum atomic E-state index is -0.338. The maximum Gasteiger partial charge on any atom is 0.337 e. The maximum atomic E-state index is 12.0. The molecular weight excluding hydrogens is 406 g/mol. The van der Waals surface area contributed by atoms with Crippen LogP contribution in [0.1, 0.15) is 46.9 Å². The molecule has 2 aliphatic heterocycles. The summed E-state index contributed by atoms with van der Waals surface area (Å²) in [4.78, 5) is 19.4. The number of carbonyl (C=O) groups is 1. The van der Waals surface area contributed by atoms with E-state index in [2.05, 4.69) is 15.5 Å². The minimum Gasteiger partial charge on any atom is -0.508 e. The van der Waals surface area contributed by atoms with E-state index in [-0.39, 0.29) is 12.1 Å². The number of likely N-dealkylation sites (tertiary alicyclic amines) is 1. The number of hydrogen-bond acceptors (Lipinski definition) is 6. The SMILES string of the molecule is COC(=O)c1ccc2nc(CN3CCC(c4cccc(O)c4)CC3)n(CC3CCO3)c2c1. The summed E-state index contributed by atoms with van der Waals surface area (Å²) < 4.78 is 12.8. The molecule has 3 aromatic rings. The number of ether oxygens (including phenoxy) is 2. The number of rotatable bonds is 6. The van der Waals surface area contributed by atoms with Gasteiger partial charge in [-0.2, -0.15) is 0 Å². The first-order valence-corrected chi connectivity index (χ1v) is 11.3. The Labute approximate surface area is 187 Å². The average molecular weight is 436 g/mol. The third-order valence-electron chi connectivity index (χ3n) is 6.72. The van der Waals surface area contributed by atoms with Gasteiger partial charge >= 0.3 is 5.97 Å². The van der Waals surface area contributed by atoms with Gasteiger partial charge in [0.05, 0.1) is 42.9 Å². The quantitative estimate of drug-likeness (QED) is 0.595. The lowest BCUT2D eigenvalue weighted by molar-refractivity contribution is -0.0592. The molecule has 3 heterocycles. The molecule has 0 saturated carbocycles. The summed E-state index contributed by atoms with van der Waals surface area (Å²) in [6.45, 7) is 4.29. The van der Waals surface area contributed by atoms with Gasteiger partial charge in [0.25, 0.3) is 0 Å². The van der Waals surface area contributed by atoms with Crippen LogP contribution in [0, 0.1) is 0 Å². The molecule has 7 nitrogen and oxygen atoms in total. The normalized spacial score (nSPS) is 19.7. The molecule has 1 N–H and O–H groups in total. The number of benzene rings is 2. The van der Waals surface area contributed by atoms with Crippen LogP contribution >= 0.6 is 0 Å². The fraction of sp³-hybridized carbons (Fsp3) is 0.440. The number of aromatic hydroxyl groups is 1. The zero-order chi connectivity index (χ0) is 22.1. The smallest absolute Gasteiger partial charge is 0.337 e. The zero-order valence-electron chi connectivity index (χ0n) is 18.4. The summed E-state index contributed by atoms with van der Waals surface area (Å²) in [5.74, 6) is 1.48.